The Balaban J connectivity index is 0.000000244. The van der Waals surface area contributed by atoms with Crippen LogP contribution in [0, 0.1) is 39.7 Å². The first-order chi connectivity index (χ1) is 18.0. The molecule has 4 rings (SSSR count). The number of anilines is 3. The Hall–Kier alpha value is -5.42. The lowest BCUT2D eigenvalue weighted by Crippen LogP contribution is -2.43. The van der Waals surface area contributed by atoms with Gasteiger partial charge in [-0.2, -0.15) is 10.5 Å². The summed E-state index contributed by atoms with van der Waals surface area (Å²) in [6, 6.07) is 18.2. The van der Waals surface area contributed by atoms with E-state index in [-0.39, 0.29) is 40.4 Å². The quantitative estimate of drug-likeness (QED) is 0.223. The third kappa shape index (κ3) is 5.37. The molecule has 0 saturated carbocycles. The minimum Gasteiger partial charge on any atom is -0.399 e. The highest BCUT2D eigenvalue weighted by Crippen LogP contribution is 2.26. The van der Waals surface area contributed by atoms with Crippen molar-refractivity contribution in [1.82, 2.24) is 4.90 Å². The summed E-state index contributed by atoms with van der Waals surface area (Å²) in [6.45, 7) is 4.29. The summed E-state index contributed by atoms with van der Waals surface area (Å²) in [4.78, 5) is 38.0. The molecule has 0 saturated heterocycles. The number of carbonyl (C=O) groups is 2. The lowest BCUT2D eigenvalue weighted by atomic mass is 10.1. The smallest absolute Gasteiger partial charge is 0.272 e. The molecule has 192 valence electrons. The standard InChI is InChI=1S/C19H21N3O2.C8H4N4O2/c1-12-10-14(8-9-17(12)20)21(3)13(2)11-22-18(23)15-6-4-5-7-16(15)19(22)24;9-3-5-1-7(12(13)14)2-6(4-10)8(5)11/h4-10,13H,11,20H2,1-3H3;1-2H,11H2. The summed E-state index contributed by atoms with van der Waals surface area (Å²) in [5.41, 5.74) is 14.5. The molecule has 3 aromatic carbocycles. The molecular weight excluding hydrogens is 486 g/mol. The van der Waals surface area contributed by atoms with Crippen LogP contribution in [-0.2, 0) is 0 Å². The second-order valence-electron chi connectivity index (χ2n) is 8.70. The van der Waals surface area contributed by atoms with E-state index in [9.17, 15) is 19.7 Å². The molecule has 1 aliphatic heterocycles. The second-order valence-corrected chi connectivity index (χ2v) is 8.70. The van der Waals surface area contributed by atoms with Crippen LogP contribution in [0.5, 0.6) is 0 Å². The van der Waals surface area contributed by atoms with Gasteiger partial charge in [-0.15, -0.1) is 0 Å². The number of fused-ring (bicyclic) bond motifs is 1. The zero-order valence-electron chi connectivity index (χ0n) is 21.0. The van der Waals surface area contributed by atoms with Gasteiger partial charge >= 0.3 is 0 Å². The van der Waals surface area contributed by atoms with E-state index in [0.29, 0.717) is 17.7 Å². The van der Waals surface area contributed by atoms with Crippen molar-refractivity contribution in [2.75, 3.05) is 30.0 Å². The number of likely N-dealkylation sites (N-methyl/N-ethyl adjacent to an activating group) is 1. The van der Waals surface area contributed by atoms with Gasteiger partial charge in [-0.3, -0.25) is 24.6 Å². The number of non-ortho nitro benzene ring substituents is 1. The van der Waals surface area contributed by atoms with E-state index in [1.807, 2.05) is 39.1 Å². The van der Waals surface area contributed by atoms with Crippen LogP contribution in [0.1, 0.15) is 44.3 Å². The highest BCUT2D eigenvalue weighted by Gasteiger charge is 2.36. The van der Waals surface area contributed by atoms with Gasteiger partial charge in [-0.25, -0.2) is 0 Å². The number of hydrogen-bond acceptors (Lipinski definition) is 9. The summed E-state index contributed by atoms with van der Waals surface area (Å²) >= 11 is 0. The summed E-state index contributed by atoms with van der Waals surface area (Å²) in [6.07, 6.45) is 0. The Morgan fingerprint density at radius 2 is 1.53 bits per heavy atom. The molecule has 11 nitrogen and oxygen atoms in total. The number of nitrogens with two attached hydrogens (primary N) is 2. The van der Waals surface area contributed by atoms with Gasteiger partial charge in [-0.1, -0.05) is 12.1 Å². The average Bonchev–Trinajstić information content (AvgIpc) is 3.15. The van der Waals surface area contributed by atoms with Gasteiger partial charge in [0.2, 0.25) is 0 Å². The van der Waals surface area contributed by atoms with Crippen molar-refractivity contribution in [3.63, 3.8) is 0 Å². The molecule has 3 aromatic rings. The lowest BCUT2D eigenvalue weighted by molar-refractivity contribution is -0.384. The number of carbonyl (C=O) groups excluding carboxylic acids is 2. The van der Waals surface area contributed by atoms with E-state index in [1.54, 1.807) is 36.4 Å². The number of nitriles is 2. The predicted octanol–water partition coefficient (Wildman–Crippen LogP) is 3.62. The molecule has 1 atom stereocenters. The third-order valence-corrected chi connectivity index (χ3v) is 6.26. The minimum atomic E-state index is -0.679. The van der Waals surface area contributed by atoms with Crippen molar-refractivity contribution in [2.24, 2.45) is 0 Å². The van der Waals surface area contributed by atoms with Crippen LogP contribution >= 0.6 is 0 Å². The molecule has 0 aromatic heterocycles. The van der Waals surface area contributed by atoms with Gasteiger partial charge in [-0.05, 0) is 49.7 Å². The lowest BCUT2D eigenvalue weighted by Gasteiger charge is -2.30. The molecule has 0 fully saturated rings. The third-order valence-electron chi connectivity index (χ3n) is 6.26. The second kappa shape index (κ2) is 11.1. The molecule has 0 aliphatic carbocycles. The van der Waals surface area contributed by atoms with Gasteiger partial charge < -0.3 is 16.4 Å². The van der Waals surface area contributed by atoms with Crippen LogP contribution in [0.15, 0.2) is 54.6 Å². The topological polar surface area (TPSA) is 183 Å². The molecule has 38 heavy (non-hydrogen) atoms. The van der Waals surface area contributed by atoms with Crippen molar-refractivity contribution in [2.45, 2.75) is 19.9 Å². The number of nitro groups is 1. The molecular formula is C27H25N7O4. The zero-order chi connectivity index (χ0) is 28.1. The van der Waals surface area contributed by atoms with E-state index < -0.39 is 4.92 Å². The first-order valence-corrected chi connectivity index (χ1v) is 11.4. The molecule has 0 bridgehead atoms. The van der Waals surface area contributed by atoms with Crippen molar-refractivity contribution in [3.8, 4) is 12.1 Å². The van der Waals surface area contributed by atoms with Gasteiger partial charge in [0.25, 0.3) is 17.5 Å². The maximum Gasteiger partial charge on any atom is 0.272 e. The maximum absolute atomic E-state index is 12.5. The minimum absolute atomic E-state index is 0.0183. The summed E-state index contributed by atoms with van der Waals surface area (Å²) in [7, 11) is 1.95. The first kappa shape index (κ1) is 27.2. The Labute approximate surface area is 219 Å². The number of nitro benzene ring substituents is 1. The van der Waals surface area contributed by atoms with E-state index in [2.05, 4.69) is 4.90 Å². The fourth-order valence-electron chi connectivity index (χ4n) is 3.85. The fraction of sp³-hybridized carbons (Fsp3) is 0.185. The summed E-state index contributed by atoms with van der Waals surface area (Å²) < 4.78 is 0. The SMILES string of the molecule is Cc1cc(N(C)C(C)CN2C(=O)c3ccccc3C2=O)ccc1N.N#Cc1cc([N+](=O)[O-])cc(C#N)c1N. The number of benzene rings is 3. The predicted molar refractivity (Wildman–Crippen MR) is 142 cm³/mol. The first-order valence-electron chi connectivity index (χ1n) is 11.4. The molecule has 1 aliphatic rings. The normalized spacial score (nSPS) is 12.5. The molecule has 1 unspecified atom stereocenters. The molecule has 11 heteroatoms. The Kier molecular flexibility index (Phi) is 7.94. The summed E-state index contributed by atoms with van der Waals surface area (Å²) in [5, 5.41) is 27.6. The monoisotopic (exact) mass is 511 g/mol. The number of hydrogen-bond donors (Lipinski definition) is 2. The molecule has 0 radical (unpaired) electrons. The molecule has 2 amide bonds. The van der Waals surface area contributed by atoms with Crippen LogP contribution in [-0.4, -0.2) is 41.3 Å². The zero-order valence-corrected chi connectivity index (χ0v) is 21.0. The highest BCUT2D eigenvalue weighted by molar-refractivity contribution is 6.21. The van der Waals surface area contributed by atoms with Crippen LogP contribution in [0.3, 0.4) is 0 Å². The Morgan fingerprint density at radius 1 is 1.00 bits per heavy atom. The number of aryl methyl sites for hydroxylation is 1. The van der Waals surface area contributed by atoms with Crippen molar-refractivity contribution < 1.29 is 14.5 Å². The molecule has 4 N–H and O–H groups in total. The summed E-state index contributed by atoms with van der Waals surface area (Å²) in [5.74, 6) is -0.436. The van der Waals surface area contributed by atoms with Crippen LogP contribution < -0.4 is 16.4 Å². The Bertz CT molecular complexity index is 1450. The number of imide groups is 1. The van der Waals surface area contributed by atoms with Gasteiger partial charge in [0.1, 0.15) is 12.1 Å². The maximum atomic E-state index is 12.5. The van der Waals surface area contributed by atoms with Crippen LogP contribution in [0.4, 0.5) is 22.7 Å². The highest BCUT2D eigenvalue weighted by atomic mass is 16.6. The van der Waals surface area contributed by atoms with Crippen molar-refractivity contribution >= 4 is 34.6 Å². The van der Waals surface area contributed by atoms with Crippen LogP contribution in [0.25, 0.3) is 0 Å². The van der Waals surface area contributed by atoms with Gasteiger partial charge in [0.15, 0.2) is 0 Å². The van der Waals surface area contributed by atoms with Crippen molar-refractivity contribution in [1.29, 1.82) is 10.5 Å². The van der Waals surface area contributed by atoms with Crippen molar-refractivity contribution in [3.05, 3.63) is 92.5 Å². The van der Waals surface area contributed by atoms with Crippen LogP contribution in [0.2, 0.25) is 0 Å². The number of nitrogen functional groups attached to an aromatic ring is 2. The molecule has 0 spiro atoms. The number of nitrogens with zero attached hydrogens (tertiary/aromatic N) is 5. The fourth-order valence-corrected chi connectivity index (χ4v) is 3.85. The van der Waals surface area contributed by atoms with E-state index in [0.717, 1.165) is 29.1 Å². The number of amides is 2. The Morgan fingerprint density at radius 3 is 1.97 bits per heavy atom. The largest absolute Gasteiger partial charge is 0.399 e. The van der Waals surface area contributed by atoms with E-state index in [1.165, 1.54) is 4.90 Å². The van der Waals surface area contributed by atoms with Gasteiger partial charge in [0.05, 0.1) is 32.9 Å². The van der Waals surface area contributed by atoms with E-state index in [4.69, 9.17) is 22.0 Å². The molecule has 1 heterocycles. The average molecular weight is 512 g/mol. The van der Waals surface area contributed by atoms with Gasteiger partial charge in [0, 0.05) is 43.1 Å². The number of rotatable bonds is 5. The van der Waals surface area contributed by atoms with E-state index >= 15 is 0 Å².